The Labute approximate surface area is 119 Å². The average molecular weight is 336 g/mol. The van der Waals surface area contributed by atoms with Crippen molar-refractivity contribution >= 4 is 21.6 Å². The standard InChI is InChI=1S/C14H17BrF3N/c15-8-7-11-4-3-9-19(10-11)13-6-2-1-5-12(13)14(16,17)18/h1-2,5-6,11H,3-4,7-10H2. The molecule has 1 fully saturated rings. The molecule has 1 nitrogen and oxygen atoms in total. The molecule has 0 amide bonds. The van der Waals surface area contributed by atoms with Gasteiger partial charge in [0.25, 0.3) is 0 Å². The molecule has 19 heavy (non-hydrogen) atoms. The summed E-state index contributed by atoms with van der Waals surface area (Å²) in [7, 11) is 0. The third-order valence-corrected chi connectivity index (χ3v) is 4.04. The minimum Gasteiger partial charge on any atom is -0.371 e. The Kier molecular flexibility index (Phi) is 4.76. The molecule has 1 atom stereocenters. The first-order valence-corrected chi connectivity index (χ1v) is 7.61. The van der Waals surface area contributed by atoms with E-state index in [1.807, 2.05) is 4.90 Å². The number of benzene rings is 1. The van der Waals surface area contributed by atoms with Gasteiger partial charge in [0, 0.05) is 24.1 Å². The number of hydrogen-bond acceptors (Lipinski definition) is 1. The molecule has 5 heteroatoms. The van der Waals surface area contributed by atoms with Crippen LogP contribution in [-0.2, 0) is 6.18 Å². The van der Waals surface area contributed by atoms with Crippen LogP contribution in [0.5, 0.6) is 0 Å². The van der Waals surface area contributed by atoms with Crippen molar-refractivity contribution in [3.8, 4) is 0 Å². The maximum Gasteiger partial charge on any atom is 0.418 e. The predicted octanol–water partition coefficient (Wildman–Crippen LogP) is 4.71. The van der Waals surface area contributed by atoms with Gasteiger partial charge in [0.15, 0.2) is 0 Å². The van der Waals surface area contributed by atoms with Gasteiger partial charge in [-0.15, -0.1) is 0 Å². The van der Waals surface area contributed by atoms with E-state index < -0.39 is 11.7 Å². The van der Waals surface area contributed by atoms with Crippen LogP contribution >= 0.6 is 15.9 Å². The van der Waals surface area contributed by atoms with Crippen LogP contribution in [0.3, 0.4) is 0 Å². The van der Waals surface area contributed by atoms with Crippen molar-refractivity contribution in [2.45, 2.75) is 25.4 Å². The molecule has 1 aromatic carbocycles. The zero-order valence-corrected chi connectivity index (χ0v) is 12.2. The highest BCUT2D eigenvalue weighted by molar-refractivity contribution is 9.09. The van der Waals surface area contributed by atoms with Gasteiger partial charge in [-0.2, -0.15) is 13.2 Å². The van der Waals surface area contributed by atoms with E-state index in [1.54, 1.807) is 12.1 Å². The normalized spacial score (nSPS) is 20.6. The molecule has 1 heterocycles. The van der Waals surface area contributed by atoms with Gasteiger partial charge in [-0.3, -0.25) is 0 Å². The summed E-state index contributed by atoms with van der Waals surface area (Å²) in [6.45, 7) is 1.44. The summed E-state index contributed by atoms with van der Waals surface area (Å²) in [5.74, 6) is 0.481. The second kappa shape index (κ2) is 6.16. The number of hydrogen-bond donors (Lipinski definition) is 0. The fraction of sp³-hybridized carbons (Fsp3) is 0.571. The van der Waals surface area contributed by atoms with Gasteiger partial charge >= 0.3 is 6.18 Å². The zero-order chi connectivity index (χ0) is 13.9. The fourth-order valence-corrected chi connectivity index (χ4v) is 3.31. The summed E-state index contributed by atoms with van der Waals surface area (Å²) in [5.41, 5.74) is -0.191. The van der Waals surface area contributed by atoms with Gasteiger partial charge in [0.2, 0.25) is 0 Å². The summed E-state index contributed by atoms with van der Waals surface area (Å²) >= 11 is 3.41. The Bertz CT molecular complexity index is 417. The Hall–Kier alpha value is -0.710. The van der Waals surface area contributed by atoms with Crippen molar-refractivity contribution in [2.75, 3.05) is 23.3 Å². The van der Waals surface area contributed by atoms with E-state index in [4.69, 9.17) is 0 Å². The monoisotopic (exact) mass is 335 g/mol. The van der Waals surface area contributed by atoms with Gasteiger partial charge in [-0.05, 0) is 37.3 Å². The fourth-order valence-electron chi connectivity index (χ4n) is 2.66. The lowest BCUT2D eigenvalue weighted by Gasteiger charge is -2.35. The lowest BCUT2D eigenvalue weighted by Crippen LogP contribution is -2.36. The molecule has 106 valence electrons. The Balaban J connectivity index is 2.21. The summed E-state index contributed by atoms with van der Waals surface area (Å²) < 4.78 is 39.0. The molecule has 1 unspecified atom stereocenters. The molecule has 1 aromatic rings. The number of halogens is 4. The summed E-state index contributed by atoms with van der Waals surface area (Å²) in [6.07, 6.45) is -1.19. The van der Waals surface area contributed by atoms with E-state index in [0.29, 0.717) is 18.2 Å². The molecule has 0 radical (unpaired) electrons. The largest absolute Gasteiger partial charge is 0.418 e. The molecule has 0 saturated carbocycles. The minimum atomic E-state index is -4.28. The number of rotatable bonds is 3. The van der Waals surface area contributed by atoms with Crippen molar-refractivity contribution in [2.24, 2.45) is 5.92 Å². The van der Waals surface area contributed by atoms with Gasteiger partial charge in [-0.25, -0.2) is 0 Å². The maximum atomic E-state index is 13.0. The Morgan fingerprint density at radius 2 is 2.00 bits per heavy atom. The Morgan fingerprint density at radius 1 is 1.26 bits per heavy atom. The molecule has 0 N–H and O–H groups in total. The van der Waals surface area contributed by atoms with Crippen LogP contribution in [0.4, 0.5) is 18.9 Å². The molecule has 0 aliphatic carbocycles. The van der Waals surface area contributed by atoms with Crippen LogP contribution in [-0.4, -0.2) is 18.4 Å². The van der Waals surface area contributed by atoms with Gasteiger partial charge < -0.3 is 4.90 Å². The maximum absolute atomic E-state index is 13.0. The average Bonchev–Trinajstić information content (AvgIpc) is 2.38. The smallest absolute Gasteiger partial charge is 0.371 e. The van der Waals surface area contributed by atoms with Gasteiger partial charge in [-0.1, -0.05) is 28.1 Å². The molecule has 1 saturated heterocycles. The summed E-state index contributed by atoms with van der Waals surface area (Å²) in [5, 5.41) is 0.909. The first kappa shape index (κ1) is 14.7. The van der Waals surface area contributed by atoms with E-state index in [1.165, 1.54) is 12.1 Å². The van der Waals surface area contributed by atoms with E-state index in [9.17, 15) is 13.2 Å². The lowest BCUT2D eigenvalue weighted by molar-refractivity contribution is -0.137. The second-order valence-electron chi connectivity index (χ2n) is 4.95. The number of alkyl halides is 4. The van der Waals surface area contributed by atoms with E-state index in [0.717, 1.165) is 31.1 Å². The highest BCUT2D eigenvalue weighted by Gasteiger charge is 2.35. The quantitative estimate of drug-likeness (QED) is 0.723. The molecule has 0 aromatic heterocycles. The highest BCUT2D eigenvalue weighted by atomic mass is 79.9. The number of anilines is 1. The molecule has 1 aliphatic rings. The van der Waals surface area contributed by atoms with Crippen molar-refractivity contribution in [1.29, 1.82) is 0 Å². The number of para-hydroxylation sites is 1. The molecular formula is C14H17BrF3N. The van der Waals surface area contributed by atoms with Crippen LogP contribution in [0.1, 0.15) is 24.8 Å². The molecule has 1 aliphatic heterocycles. The van der Waals surface area contributed by atoms with E-state index in [2.05, 4.69) is 15.9 Å². The summed E-state index contributed by atoms with van der Waals surface area (Å²) in [4.78, 5) is 1.89. The van der Waals surface area contributed by atoms with E-state index in [-0.39, 0.29) is 0 Å². The topological polar surface area (TPSA) is 3.24 Å². The number of piperidine rings is 1. The zero-order valence-electron chi connectivity index (χ0n) is 10.6. The third kappa shape index (κ3) is 3.65. The van der Waals surface area contributed by atoms with Crippen LogP contribution < -0.4 is 4.90 Å². The first-order valence-electron chi connectivity index (χ1n) is 6.49. The van der Waals surface area contributed by atoms with Crippen molar-refractivity contribution in [3.05, 3.63) is 29.8 Å². The molecule has 0 bridgehead atoms. The summed E-state index contributed by atoms with van der Waals surface area (Å²) in [6, 6.07) is 5.88. The minimum absolute atomic E-state index is 0.328. The Morgan fingerprint density at radius 3 is 2.68 bits per heavy atom. The number of nitrogens with zero attached hydrogens (tertiary/aromatic N) is 1. The van der Waals surface area contributed by atoms with Crippen LogP contribution in [0.2, 0.25) is 0 Å². The van der Waals surface area contributed by atoms with Crippen molar-refractivity contribution in [3.63, 3.8) is 0 Å². The molecular weight excluding hydrogens is 319 g/mol. The van der Waals surface area contributed by atoms with Crippen LogP contribution in [0, 0.1) is 5.92 Å². The van der Waals surface area contributed by atoms with Crippen molar-refractivity contribution < 1.29 is 13.2 Å². The molecule has 0 spiro atoms. The van der Waals surface area contributed by atoms with E-state index >= 15 is 0 Å². The lowest BCUT2D eigenvalue weighted by atomic mass is 9.94. The molecule has 2 rings (SSSR count). The second-order valence-corrected chi connectivity index (χ2v) is 5.74. The third-order valence-electron chi connectivity index (χ3n) is 3.59. The van der Waals surface area contributed by atoms with Crippen molar-refractivity contribution in [1.82, 2.24) is 0 Å². The van der Waals surface area contributed by atoms with Gasteiger partial charge in [0.05, 0.1) is 5.56 Å². The van der Waals surface area contributed by atoms with Gasteiger partial charge in [0.1, 0.15) is 0 Å². The van der Waals surface area contributed by atoms with Crippen LogP contribution in [0.25, 0.3) is 0 Å². The SMILES string of the molecule is FC(F)(F)c1ccccc1N1CCCC(CCBr)C1. The highest BCUT2D eigenvalue weighted by Crippen LogP contribution is 2.38. The first-order chi connectivity index (χ1) is 9.02. The predicted molar refractivity (Wildman–Crippen MR) is 74.8 cm³/mol. The van der Waals surface area contributed by atoms with Crippen LogP contribution in [0.15, 0.2) is 24.3 Å².